The van der Waals surface area contributed by atoms with Crippen LogP contribution in [0.4, 0.5) is 4.39 Å². The number of rotatable bonds is 3. The Hall–Kier alpha value is -2.24. The average Bonchev–Trinajstić information content (AvgIpc) is 2.82. The van der Waals surface area contributed by atoms with Gasteiger partial charge in [-0.2, -0.15) is 0 Å². The summed E-state index contributed by atoms with van der Waals surface area (Å²) in [7, 11) is 1.52. The van der Waals surface area contributed by atoms with Gasteiger partial charge in [-0.25, -0.2) is 9.37 Å². The molecule has 5 nitrogen and oxygen atoms in total. The summed E-state index contributed by atoms with van der Waals surface area (Å²) in [6.07, 6.45) is 1.74. The van der Waals surface area contributed by atoms with Gasteiger partial charge < -0.3 is 4.74 Å². The summed E-state index contributed by atoms with van der Waals surface area (Å²) in [6.45, 7) is 2.07. The van der Waals surface area contributed by atoms with Crippen molar-refractivity contribution in [2.24, 2.45) is 0 Å². The van der Waals surface area contributed by atoms with E-state index in [-0.39, 0.29) is 5.82 Å². The summed E-state index contributed by atoms with van der Waals surface area (Å²) < 4.78 is 20.4. The molecule has 0 aliphatic heterocycles. The molecule has 2 aromatic heterocycles. The third-order valence-electron chi connectivity index (χ3n) is 2.99. The number of ether oxygens (including phenoxy) is 1. The van der Waals surface area contributed by atoms with Gasteiger partial charge in [-0.3, -0.25) is 4.40 Å². The smallest absolute Gasteiger partial charge is 0.260 e. The zero-order valence-corrected chi connectivity index (χ0v) is 10.7. The predicted molar refractivity (Wildman–Crippen MR) is 68.8 cm³/mol. The van der Waals surface area contributed by atoms with Crippen LogP contribution in [-0.2, 0) is 6.42 Å². The Kier molecular flexibility index (Phi) is 2.77. The molecule has 0 atom stereocenters. The summed E-state index contributed by atoms with van der Waals surface area (Å²) in [5.41, 5.74) is 1.87. The lowest BCUT2D eigenvalue weighted by Crippen LogP contribution is -2.00. The highest BCUT2D eigenvalue weighted by molar-refractivity contribution is 5.79. The van der Waals surface area contributed by atoms with Crippen LogP contribution in [0.1, 0.15) is 19.2 Å². The molecular formula is C13H13FN4O. The number of hydrogen-bond acceptors (Lipinski definition) is 4. The van der Waals surface area contributed by atoms with Crippen molar-refractivity contribution >= 4 is 16.7 Å². The van der Waals surface area contributed by atoms with E-state index in [4.69, 9.17) is 4.74 Å². The van der Waals surface area contributed by atoms with Crippen LogP contribution in [-0.4, -0.2) is 26.7 Å². The molecule has 3 aromatic rings. The van der Waals surface area contributed by atoms with Crippen molar-refractivity contribution in [3.63, 3.8) is 0 Å². The molecule has 6 heteroatoms. The van der Waals surface area contributed by atoms with E-state index < -0.39 is 0 Å². The highest BCUT2D eigenvalue weighted by Crippen LogP contribution is 2.24. The van der Waals surface area contributed by atoms with Crippen molar-refractivity contribution < 1.29 is 9.13 Å². The van der Waals surface area contributed by atoms with Gasteiger partial charge in [0.2, 0.25) is 5.65 Å². The first-order valence-electron chi connectivity index (χ1n) is 6.12. The van der Waals surface area contributed by atoms with E-state index in [0.29, 0.717) is 17.0 Å². The summed E-state index contributed by atoms with van der Waals surface area (Å²) in [6, 6.07) is 4.48. The largest absolute Gasteiger partial charge is 0.478 e. The van der Waals surface area contributed by atoms with E-state index in [1.807, 2.05) is 4.40 Å². The predicted octanol–water partition coefficient (Wildman–Crippen LogP) is 2.38. The minimum Gasteiger partial charge on any atom is -0.478 e. The van der Waals surface area contributed by atoms with Gasteiger partial charge in [-0.05, 0) is 18.6 Å². The molecule has 0 N–H and O–H groups in total. The van der Waals surface area contributed by atoms with Crippen LogP contribution in [0.2, 0.25) is 0 Å². The molecule has 2 heterocycles. The quantitative estimate of drug-likeness (QED) is 0.725. The average molecular weight is 260 g/mol. The minimum atomic E-state index is -0.327. The molecule has 19 heavy (non-hydrogen) atoms. The lowest BCUT2D eigenvalue weighted by atomic mass is 10.2. The summed E-state index contributed by atoms with van der Waals surface area (Å²) in [5, 5.41) is 8.28. The molecule has 0 bridgehead atoms. The second kappa shape index (κ2) is 4.46. The third kappa shape index (κ3) is 1.80. The second-order valence-electron chi connectivity index (χ2n) is 4.28. The van der Waals surface area contributed by atoms with E-state index in [1.54, 1.807) is 6.07 Å². The Labute approximate surface area is 109 Å². The van der Waals surface area contributed by atoms with Crippen LogP contribution in [0.5, 0.6) is 5.88 Å². The van der Waals surface area contributed by atoms with Crippen LogP contribution >= 0.6 is 0 Å². The third-order valence-corrected chi connectivity index (χ3v) is 2.99. The Morgan fingerprint density at radius 1 is 1.32 bits per heavy atom. The van der Waals surface area contributed by atoms with Gasteiger partial charge in [0.1, 0.15) is 11.6 Å². The van der Waals surface area contributed by atoms with Crippen LogP contribution < -0.4 is 4.74 Å². The van der Waals surface area contributed by atoms with Gasteiger partial charge in [0, 0.05) is 12.5 Å². The number of halogens is 1. The Bertz CT molecular complexity index is 753. The molecule has 0 radical (unpaired) electrons. The van der Waals surface area contributed by atoms with E-state index in [2.05, 4.69) is 22.1 Å². The topological polar surface area (TPSA) is 52.3 Å². The first kappa shape index (κ1) is 11.8. The van der Waals surface area contributed by atoms with Gasteiger partial charge >= 0.3 is 0 Å². The van der Waals surface area contributed by atoms with Gasteiger partial charge in [0.25, 0.3) is 5.88 Å². The van der Waals surface area contributed by atoms with Gasteiger partial charge in [-0.1, -0.05) is 6.92 Å². The second-order valence-corrected chi connectivity index (χ2v) is 4.28. The number of methoxy groups -OCH3 is 1. The van der Waals surface area contributed by atoms with Crippen molar-refractivity contribution in [3.05, 3.63) is 29.8 Å². The van der Waals surface area contributed by atoms with Crippen molar-refractivity contribution in [2.45, 2.75) is 19.8 Å². The molecule has 0 unspecified atom stereocenters. The first-order chi connectivity index (χ1) is 9.24. The maximum absolute atomic E-state index is 13.3. The number of hydrogen-bond donors (Lipinski definition) is 0. The molecule has 0 aliphatic carbocycles. The zero-order chi connectivity index (χ0) is 13.4. The lowest BCUT2D eigenvalue weighted by molar-refractivity contribution is 0.402. The maximum atomic E-state index is 13.3. The Balaban J connectivity index is 2.44. The van der Waals surface area contributed by atoms with Crippen molar-refractivity contribution in [1.82, 2.24) is 19.6 Å². The number of fused-ring (bicyclic) bond motifs is 3. The number of aromatic nitrogens is 4. The summed E-state index contributed by atoms with van der Waals surface area (Å²) >= 11 is 0. The fourth-order valence-electron chi connectivity index (χ4n) is 2.17. The Morgan fingerprint density at radius 3 is 2.89 bits per heavy atom. The van der Waals surface area contributed by atoms with Gasteiger partial charge in [0.15, 0.2) is 0 Å². The molecule has 0 saturated heterocycles. The number of nitrogens with zero attached hydrogens (tertiary/aromatic N) is 4. The minimum absolute atomic E-state index is 0.327. The van der Waals surface area contributed by atoms with Crippen LogP contribution in [0.25, 0.3) is 16.7 Å². The molecule has 0 aliphatic rings. The highest BCUT2D eigenvalue weighted by Gasteiger charge is 2.15. The van der Waals surface area contributed by atoms with Gasteiger partial charge in [-0.15, -0.1) is 10.2 Å². The molecule has 0 spiro atoms. The summed E-state index contributed by atoms with van der Waals surface area (Å²) in [4.78, 5) is 4.27. The molecule has 98 valence electrons. The molecule has 0 saturated carbocycles. The molecule has 1 aromatic carbocycles. The molecule has 0 fully saturated rings. The fraction of sp³-hybridized carbons (Fsp3) is 0.308. The van der Waals surface area contributed by atoms with Crippen LogP contribution in [0, 0.1) is 5.82 Å². The van der Waals surface area contributed by atoms with Crippen molar-refractivity contribution in [3.8, 4) is 5.88 Å². The van der Waals surface area contributed by atoms with E-state index in [0.717, 1.165) is 24.2 Å². The standard InChI is InChI=1S/C13H13FN4O/c1-3-4-11-16-17-12-13(19-2)15-9-7-8(14)5-6-10(9)18(11)12/h5-7H,3-4H2,1-2H3. The van der Waals surface area contributed by atoms with E-state index >= 15 is 0 Å². The Morgan fingerprint density at radius 2 is 2.16 bits per heavy atom. The van der Waals surface area contributed by atoms with Crippen LogP contribution in [0.15, 0.2) is 18.2 Å². The molecule has 3 rings (SSSR count). The van der Waals surface area contributed by atoms with Crippen LogP contribution in [0.3, 0.4) is 0 Å². The normalized spacial score (nSPS) is 11.3. The van der Waals surface area contributed by atoms with E-state index in [9.17, 15) is 4.39 Å². The maximum Gasteiger partial charge on any atom is 0.260 e. The van der Waals surface area contributed by atoms with E-state index in [1.165, 1.54) is 19.2 Å². The number of aryl methyl sites for hydroxylation is 1. The highest BCUT2D eigenvalue weighted by atomic mass is 19.1. The lowest BCUT2D eigenvalue weighted by Gasteiger charge is -2.07. The molecule has 0 amide bonds. The fourth-order valence-corrected chi connectivity index (χ4v) is 2.17. The monoisotopic (exact) mass is 260 g/mol. The molecular weight excluding hydrogens is 247 g/mol. The van der Waals surface area contributed by atoms with Gasteiger partial charge in [0.05, 0.1) is 18.1 Å². The summed E-state index contributed by atoms with van der Waals surface area (Å²) in [5.74, 6) is 0.856. The number of benzene rings is 1. The van der Waals surface area contributed by atoms with Crippen molar-refractivity contribution in [2.75, 3.05) is 7.11 Å². The first-order valence-corrected chi connectivity index (χ1v) is 6.12. The zero-order valence-electron chi connectivity index (χ0n) is 10.7. The SMILES string of the molecule is CCCc1nnc2c(OC)nc3cc(F)ccc3n12. The van der Waals surface area contributed by atoms with Crippen molar-refractivity contribution in [1.29, 1.82) is 0 Å².